The number of nitrogens with zero attached hydrogens (tertiary/aromatic N) is 1. The van der Waals surface area contributed by atoms with Gasteiger partial charge in [-0.05, 0) is 39.3 Å². The van der Waals surface area contributed by atoms with Gasteiger partial charge in [-0.3, -0.25) is 9.59 Å². The fourth-order valence-corrected chi connectivity index (χ4v) is 2.48. The van der Waals surface area contributed by atoms with Gasteiger partial charge in [0.25, 0.3) is 0 Å². The van der Waals surface area contributed by atoms with Crippen LogP contribution in [0.1, 0.15) is 44.0 Å². The molecule has 0 atom stereocenters. The molecule has 1 saturated heterocycles. The van der Waals surface area contributed by atoms with Gasteiger partial charge < -0.3 is 4.90 Å². The molecule has 0 unspecified atom stereocenters. The summed E-state index contributed by atoms with van der Waals surface area (Å²) in [7, 11) is 0. The van der Waals surface area contributed by atoms with Gasteiger partial charge in [0.05, 0.1) is 5.54 Å². The molecule has 0 N–H and O–H groups in total. The summed E-state index contributed by atoms with van der Waals surface area (Å²) in [6.07, 6.45) is 1.53. The Balaban J connectivity index is 2.38. The molecule has 96 valence electrons. The molecule has 1 heterocycles. The molecular formula is C15H19NO2. The molecule has 0 aliphatic carbocycles. The number of carbonyl (C=O) groups is 2. The highest BCUT2D eigenvalue weighted by Crippen LogP contribution is 2.30. The Kier molecular flexibility index (Phi) is 3.24. The number of ketones is 2. The standard InChI is InChI=1S/C15H19NO2/c1-11(17)12-6-4-7-13(10-12)16-9-5-8-14(18)15(16,2)3/h4,6-7,10H,5,8-9H2,1-3H3. The molecule has 3 heteroatoms. The van der Waals surface area contributed by atoms with E-state index in [1.165, 1.54) is 0 Å². The summed E-state index contributed by atoms with van der Waals surface area (Å²) in [5, 5.41) is 0. The largest absolute Gasteiger partial charge is 0.359 e. The highest BCUT2D eigenvalue weighted by atomic mass is 16.1. The quantitative estimate of drug-likeness (QED) is 0.752. The fraction of sp³-hybridized carbons (Fsp3) is 0.467. The normalized spacial score (nSPS) is 18.8. The molecule has 1 aliphatic heterocycles. The van der Waals surface area contributed by atoms with Crippen LogP contribution in [0.3, 0.4) is 0 Å². The number of hydrogen-bond donors (Lipinski definition) is 0. The average molecular weight is 245 g/mol. The number of hydrogen-bond acceptors (Lipinski definition) is 3. The first-order chi connectivity index (χ1) is 8.43. The van der Waals surface area contributed by atoms with Crippen molar-refractivity contribution < 1.29 is 9.59 Å². The number of Topliss-reactive ketones (excluding diaryl/α,β-unsaturated/α-hetero) is 2. The zero-order chi connectivity index (χ0) is 13.3. The van der Waals surface area contributed by atoms with E-state index in [0.717, 1.165) is 18.7 Å². The second-order valence-electron chi connectivity index (χ2n) is 5.34. The number of carbonyl (C=O) groups excluding carboxylic acids is 2. The molecule has 2 rings (SSSR count). The summed E-state index contributed by atoms with van der Waals surface area (Å²) < 4.78 is 0. The second kappa shape index (κ2) is 4.56. The van der Waals surface area contributed by atoms with Crippen LogP contribution in [0.25, 0.3) is 0 Å². The van der Waals surface area contributed by atoms with Crippen LogP contribution in [0.15, 0.2) is 24.3 Å². The third-order valence-corrected chi connectivity index (χ3v) is 3.71. The Morgan fingerprint density at radius 1 is 1.33 bits per heavy atom. The lowest BCUT2D eigenvalue weighted by atomic mass is 9.88. The third kappa shape index (κ3) is 2.17. The number of anilines is 1. The smallest absolute Gasteiger partial charge is 0.159 e. The minimum atomic E-state index is -0.479. The molecular weight excluding hydrogens is 226 g/mol. The zero-order valence-corrected chi connectivity index (χ0v) is 11.2. The Hall–Kier alpha value is -1.64. The Labute approximate surface area is 108 Å². The van der Waals surface area contributed by atoms with Crippen LogP contribution in [-0.2, 0) is 4.79 Å². The first kappa shape index (κ1) is 12.8. The van der Waals surface area contributed by atoms with E-state index in [1.54, 1.807) is 6.92 Å². The molecule has 0 spiro atoms. The van der Waals surface area contributed by atoms with Crippen molar-refractivity contribution in [1.82, 2.24) is 0 Å². The lowest BCUT2D eigenvalue weighted by Crippen LogP contribution is -2.54. The highest BCUT2D eigenvalue weighted by Gasteiger charge is 2.37. The minimum Gasteiger partial charge on any atom is -0.359 e. The molecule has 18 heavy (non-hydrogen) atoms. The number of rotatable bonds is 2. The van der Waals surface area contributed by atoms with Gasteiger partial charge in [0, 0.05) is 24.2 Å². The molecule has 1 fully saturated rings. The summed E-state index contributed by atoms with van der Waals surface area (Å²) >= 11 is 0. The van der Waals surface area contributed by atoms with E-state index in [2.05, 4.69) is 4.90 Å². The maximum Gasteiger partial charge on any atom is 0.159 e. The maximum absolute atomic E-state index is 12.0. The van der Waals surface area contributed by atoms with Gasteiger partial charge >= 0.3 is 0 Å². The topological polar surface area (TPSA) is 37.4 Å². The van der Waals surface area contributed by atoms with Crippen molar-refractivity contribution in [2.75, 3.05) is 11.4 Å². The second-order valence-corrected chi connectivity index (χ2v) is 5.34. The van der Waals surface area contributed by atoms with Gasteiger partial charge in [0.15, 0.2) is 11.6 Å². The first-order valence-corrected chi connectivity index (χ1v) is 6.35. The van der Waals surface area contributed by atoms with Crippen LogP contribution >= 0.6 is 0 Å². The van der Waals surface area contributed by atoms with Gasteiger partial charge in [-0.2, -0.15) is 0 Å². The van der Waals surface area contributed by atoms with Crippen molar-refractivity contribution in [3.8, 4) is 0 Å². The predicted molar refractivity (Wildman–Crippen MR) is 72.1 cm³/mol. The molecule has 1 aromatic carbocycles. The van der Waals surface area contributed by atoms with Gasteiger partial charge in [-0.1, -0.05) is 12.1 Å². The Morgan fingerprint density at radius 2 is 2.06 bits per heavy atom. The first-order valence-electron chi connectivity index (χ1n) is 6.35. The number of benzene rings is 1. The zero-order valence-electron chi connectivity index (χ0n) is 11.2. The van der Waals surface area contributed by atoms with Gasteiger partial charge in [0.1, 0.15) is 0 Å². The van der Waals surface area contributed by atoms with E-state index in [9.17, 15) is 9.59 Å². The lowest BCUT2D eigenvalue weighted by Gasteiger charge is -2.42. The van der Waals surface area contributed by atoms with Gasteiger partial charge in [-0.25, -0.2) is 0 Å². The summed E-state index contributed by atoms with van der Waals surface area (Å²) in [6.45, 7) is 6.33. The Morgan fingerprint density at radius 3 is 2.72 bits per heavy atom. The average Bonchev–Trinajstić information content (AvgIpc) is 2.32. The summed E-state index contributed by atoms with van der Waals surface area (Å²) in [4.78, 5) is 25.5. The third-order valence-electron chi connectivity index (χ3n) is 3.71. The van der Waals surface area contributed by atoms with E-state index < -0.39 is 5.54 Å². The van der Waals surface area contributed by atoms with Crippen LogP contribution < -0.4 is 4.90 Å². The highest BCUT2D eigenvalue weighted by molar-refractivity contribution is 5.96. The summed E-state index contributed by atoms with van der Waals surface area (Å²) in [6, 6.07) is 7.53. The predicted octanol–water partition coefficient (Wildman–Crippen LogP) is 2.84. The molecule has 1 aromatic rings. The molecule has 0 radical (unpaired) electrons. The molecule has 0 amide bonds. The number of piperidine rings is 1. The van der Waals surface area contributed by atoms with E-state index in [4.69, 9.17) is 0 Å². The van der Waals surface area contributed by atoms with Crippen LogP contribution in [0, 0.1) is 0 Å². The Bertz CT molecular complexity index is 491. The van der Waals surface area contributed by atoms with E-state index in [-0.39, 0.29) is 11.6 Å². The summed E-state index contributed by atoms with van der Waals surface area (Å²) in [5.74, 6) is 0.319. The van der Waals surface area contributed by atoms with Crippen molar-refractivity contribution in [3.05, 3.63) is 29.8 Å². The van der Waals surface area contributed by atoms with Crippen LogP contribution in [-0.4, -0.2) is 23.7 Å². The van der Waals surface area contributed by atoms with E-state index in [1.807, 2.05) is 38.1 Å². The van der Waals surface area contributed by atoms with Crippen molar-refractivity contribution in [2.24, 2.45) is 0 Å². The molecule has 0 bridgehead atoms. The van der Waals surface area contributed by atoms with E-state index >= 15 is 0 Å². The van der Waals surface area contributed by atoms with E-state index in [0.29, 0.717) is 12.0 Å². The van der Waals surface area contributed by atoms with Crippen molar-refractivity contribution in [1.29, 1.82) is 0 Å². The monoisotopic (exact) mass is 245 g/mol. The maximum atomic E-state index is 12.0. The lowest BCUT2D eigenvalue weighted by molar-refractivity contribution is -0.124. The fourth-order valence-electron chi connectivity index (χ4n) is 2.48. The van der Waals surface area contributed by atoms with Crippen molar-refractivity contribution in [3.63, 3.8) is 0 Å². The van der Waals surface area contributed by atoms with Crippen LogP contribution in [0.2, 0.25) is 0 Å². The van der Waals surface area contributed by atoms with Crippen LogP contribution in [0.5, 0.6) is 0 Å². The van der Waals surface area contributed by atoms with Crippen molar-refractivity contribution in [2.45, 2.75) is 39.2 Å². The molecule has 3 nitrogen and oxygen atoms in total. The van der Waals surface area contributed by atoms with Crippen molar-refractivity contribution >= 4 is 17.3 Å². The van der Waals surface area contributed by atoms with Gasteiger partial charge in [0.2, 0.25) is 0 Å². The molecule has 1 aliphatic rings. The minimum absolute atomic E-state index is 0.0537. The van der Waals surface area contributed by atoms with Gasteiger partial charge in [-0.15, -0.1) is 0 Å². The molecule has 0 saturated carbocycles. The van der Waals surface area contributed by atoms with Crippen LogP contribution in [0.4, 0.5) is 5.69 Å². The molecule has 0 aromatic heterocycles. The SMILES string of the molecule is CC(=O)c1cccc(N2CCCC(=O)C2(C)C)c1. The summed E-state index contributed by atoms with van der Waals surface area (Å²) in [5.41, 5.74) is 1.18.